The number of hydrogen-bond donors (Lipinski definition) is 0. The van der Waals surface area contributed by atoms with E-state index in [1.807, 2.05) is 37.3 Å². The summed E-state index contributed by atoms with van der Waals surface area (Å²) in [4.78, 5) is 25.9. The van der Waals surface area contributed by atoms with Gasteiger partial charge in [0.2, 0.25) is 16.9 Å². The first-order valence-electron chi connectivity index (χ1n) is 9.79. The Hall–Kier alpha value is -3.12. The minimum Gasteiger partial charge on any atom is -0.452 e. The van der Waals surface area contributed by atoms with Crippen LogP contribution in [0.15, 0.2) is 72.9 Å². The van der Waals surface area contributed by atoms with Crippen LogP contribution >= 0.6 is 15.9 Å². The van der Waals surface area contributed by atoms with Crippen LogP contribution in [0.25, 0.3) is 22.3 Å². The lowest BCUT2D eigenvalue weighted by Crippen LogP contribution is -2.16. The van der Waals surface area contributed by atoms with Gasteiger partial charge in [-0.15, -0.1) is 0 Å². The highest BCUT2D eigenvalue weighted by Gasteiger charge is 2.23. The van der Waals surface area contributed by atoms with E-state index in [9.17, 15) is 9.59 Å². The summed E-state index contributed by atoms with van der Waals surface area (Å²) in [6.45, 7) is 8.24. The Bertz CT molecular complexity index is 1340. The predicted octanol–water partition coefficient (Wildman–Crippen LogP) is 6.64. The van der Waals surface area contributed by atoms with Crippen molar-refractivity contribution in [3.63, 3.8) is 0 Å². The Morgan fingerprint density at radius 3 is 2.29 bits per heavy atom. The number of esters is 1. The number of halogens is 1. The van der Waals surface area contributed by atoms with Crippen molar-refractivity contribution in [1.29, 1.82) is 0 Å². The summed E-state index contributed by atoms with van der Waals surface area (Å²) in [6.07, 6.45) is 0. The third-order valence-corrected chi connectivity index (χ3v) is 5.41. The molecule has 0 aliphatic rings. The van der Waals surface area contributed by atoms with E-state index >= 15 is 0 Å². The van der Waals surface area contributed by atoms with E-state index in [2.05, 4.69) is 36.7 Å². The van der Waals surface area contributed by atoms with Crippen molar-refractivity contribution in [3.8, 4) is 17.1 Å². The van der Waals surface area contributed by atoms with Gasteiger partial charge >= 0.3 is 5.97 Å². The molecule has 0 bridgehead atoms. The lowest BCUT2D eigenvalue weighted by atomic mass is 9.86. The van der Waals surface area contributed by atoms with Gasteiger partial charge in [-0.1, -0.05) is 56.7 Å². The molecular weight excluding hydrogens is 460 g/mol. The van der Waals surface area contributed by atoms with Crippen LogP contribution in [-0.4, -0.2) is 5.97 Å². The number of carbonyl (C=O) groups is 1. The van der Waals surface area contributed by atoms with Crippen LogP contribution in [0.2, 0.25) is 0 Å². The average molecular weight is 481 g/mol. The van der Waals surface area contributed by atoms with Crippen LogP contribution < -0.4 is 10.2 Å². The Balaban J connectivity index is 1.88. The van der Waals surface area contributed by atoms with E-state index in [1.165, 1.54) is 6.07 Å². The molecule has 0 N–H and O–H groups in total. The number of fused-ring (bicyclic) bond motifs is 1. The molecule has 0 atom stereocenters. The van der Waals surface area contributed by atoms with Crippen molar-refractivity contribution in [1.82, 2.24) is 0 Å². The smallest absolute Gasteiger partial charge is 0.379 e. The van der Waals surface area contributed by atoms with Crippen molar-refractivity contribution in [2.75, 3.05) is 0 Å². The second kappa shape index (κ2) is 7.85. The second-order valence-electron chi connectivity index (χ2n) is 8.41. The van der Waals surface area contributed by atoms with Gasteiger partial charge in [0, 0.05) is 5.56 Å². The summed E-state index contributed by atoms with van der Waals surface area (Å²) in [7, 11) is 0. The molecule has 0 saturated carbocycles. The molecule has 0 saturated heterocycles. The first-order valence-corrected chi connectivity index (χ1v) is 10.6. The molecule has 0 fully saturated rings. The fourth-order valence-electron chi connectivity index (χ4n) is 3.26. The molecule has 2 aromatic carbocycles. The van der Waals surface area contributed by atoms with Gasteiger partial charge in [0.15, 0.2) is 10.4 Å². The third-order valence-electron chi connectivity index (χ3n) is 4.99. The van der Waals surface area contributed by atoms with Crippen molar-refractivity contribution in [3.05, 3.63) is 86.4 Å². The molecule has 158 valence electrons. The van der Waals surface area contributed by atoms with Crippen LogP contribution in [0.5, 0.6) is 5.75 Å². The van der Waals surface area contributed by atoms with Crippen molar-refractivity contribution < 1.29 is 18.4 Å². The zero-order valence-corrected chi connectivity index (χ0v) is 19.2. The molecule has 6 heteroatoms. The van der Waals surface area contributed by atoms with Gasteiger partial charge in [0.25, 0.3) is 0 Å². The Morgan fingerprint density at radius 2 is 1.68 bits per heavy atom. The minimum atomic E-state index is -0.780. The van der Waals surface area contributed by atoms with Crippen molar-refractivity contribution in [2.24, 2.45) is 0 Å². The molecule has 0 unspecified atom stereocenters. The molecule has 5 nitrogen and oxygen atoms in total. The van der Waals surface area contributed by atoms with Crippen molar-refractivity contribution in [2.45, 2.75) is 33.1 Å². The molecule has 0 spiro atoms. The molecule has 0 aliphatic carbocycles. The highest BCUT2D eigenvalue weighted by Crippen LogP contribution is 2.33. The van der Waals surface area contributed by atoms with Gasteiger partial charge in [0.1, 0.15) is 5.58 Å². The largest absolute Gasteiger partial charge is 0.452 e. The van der Waals surface area contributed by atoms with E-state index in [4.69, 9.17) is 13.6 Å². The number of hydrogen-bond acceptors (Lipinski definition) is 5. The van der Waals surface area contributed by atoms with Crippen LogP contribution in [0.1, 0.15) is 42.5 Å². The number of ether oxygens (including phenoxy) is 1. The third kappa shape index (κ3) is 4.21. The van der Waals surface area contributed by atoms with Gasteiger partial charge in [-0.25, -0.2) is 4.79 Å². The van der Waals surface area contributed by atoms with Crippen LogP contribution in [0.3, 0.4) is 0 Å². The van der Waals surface area contributed by atoms with Crippen LogP contribution in [0.4, 0.5) is 0 Å². The Morgan fingerprint density at radius 1 is 0.968 bits per heavy atom. The summed E-state index contributed by atoms with van der Waals surface area (Å²) >= 11 is 3.16. The number of benzene rings is 2. The number of carbonyl (C=O) groups excluding carboxylic acids is 1. The molecule has 2 heterocycles. The molecular formula is C25H21BrO5. The first-order chi connectivity index (χ1) is 14.6. The van der Waals surface area contributed by atoms with Gasteiger partial charge in [0.05, 0.1) is 5.39 Å². The maximum atomic E-state index is 13.3. The monoisotopic (exact) mass is 480 g/mol. The summed E-state index contributed by atoms with van der Waals surface area (Å²) < 4.78 is 17.2. The van der Waals surface area contributed by atoms with Gasteiger partial charge < -0.3 is 13.6 Å². The Kier molecular flexibility index (Phi) is 5.35. The fourth-order valence-corrected chi connectivity index (χ4v) is 3.57. The van der Waals surface area contributed by atoms with Crippen LogP contribution in [-0.2, 0) is 5.41 Å². The van der Waals surface area contributed by atoms with E-state index in [1.54, 1.807) is 18.2 Å². The van der Waals surface area contributed by atoms with Crippen LogP contribution in [0, 0.1) is 6.92 Å². The summed E-state index contributed by atoms with van der Waals surface area (Å²) in [5.74, 6) is -0.776. The van der Waals surface area contributed by atoms with E-state index < -0.39 is 11.4 Å². The molecule has 4 aromatic rings. The van der Waals surface area contributed by atoms with Gasteiger partial charge in [-0.05, 0) is 58.1 Å². The molecule has 4 rings (SSSR count). The lowest BCUT2D eigenvalue weighted by molar-refractivity contribution is 0.0696. The van der Waals surface area contributed by atoms with E-state index in [0.29, 0.717) is 21.2 Å². The minimum absolute atomic E-state index is 0.0235. The molecule has 31 heavy (non-hydrogen) atoms. The summed E-state index contributed by atoms with van der Waals surface area (Å²) in [6, 6.07) is 16.0. The number of aryl methyl sites for hydroxylation is 1. The molecule has 0 aliphatic heterocycles. The zero-order chi connectivity index (χ0) is 22.3. The summed E-state index contributed by atoms with van der Waals surface area (Å²) in [5.41, 5.74) is 2.64. The molecule has 0 amide bonds. The van der Waals surface area contributed by atoms with Gasteiger partial charge in [-0.2, -0.15) is 0 Å². The maximum absolute atomic E-state index is 13.3. The quantitative estimate of drug-likeness (QED) is 0.307. The maximum Gasteiger partial charge on any atom is 0.379 e. The number of furan rings is 1. The van der Waals surface area contributed by atoms with E-state index in [-0.39, 0.29) is 22.7 Å². The van der Waals surface area contributed by atoms with Crippen molar-refractivity contribution >= 4 is 32.9 Å². The topological polar surface area (TPSA) is 69.7 Å². The highest BCUT2D eigenvalue weighted by molar-refractivity contribution is 9.10. The zero-order valence-electron chi connectivity index (χ0n) is 17.6. The summed E-state index contributed by atoms with van der Waals surface area (Å²) in [5, 5.41) is 0.346. The SMILES string of the molecule is Cc1ccc2oc(-c3ccc(C(C)(C)C)cc3)c(OC(=O)c3ccc(Br)o3)c(=O)c2c1. The molecule has 0 radical (unpaired) electrons. The predicted molar refractivity (Wildman–Crippen MR) is 123 cm³/mol. The normalized spacial score (nSPS) is 11.6. The second-order valence-corrected chi connectivity index (χ2v) is 9.19. The average Bonchev–Trinajstić information content (AvgIpc) is 3.16. The molecule has 2 aromatic heterocycles. The van der Waals surface area contributed by atoms with E-state index in [0.717, 1.165) is 11.1 Å². The van der Waals surface area contributed by atoms with Gasteiger partial charge in [-0.3, -0.25) is 4.79 Å². The Labute approximate surface area is 187 Å². The standard InChI is InChI=1S/C25H21BrO5/c1-14-5-10-18-17(13-14)21(27)23(31-24(28)19-11-12-20(26)29-19)22(30-18)15-6-8-16(9-7-15)25(2,3)4/h5-13H,1-4H3. The first kappa shape index (κ1) is 21.1. The number of rotatable bonds is 3. The fraction of sp³-hybridized carbons (Fsp3) is 0.200. The lowest BCUT2D eigenvalue weighted by Gasteiger charge is -2.19. The highest BCUT2D eigenvalue weighted by atomic mass is 79.9.